The minimum absolute atomic E-state index is 0.334. The third-order valence-electron chi connectivity index (χ3n) is 3.43. The summed E-state index contributed by atoms with van der Waals surface area (Å²) in [5, 5.41) is 11.3. The van der Waals surface area contributed by atoms with Crippen molar-refractivity contribution in [2.45, 2.75) is 12.5 Å². The molecular formula is C15H17N3S. The Bertz CT molecular complexity index is 683. The van der Waals surface area contributed by atoms with Crippen LogP contribution in [0.25, 0.3) is 10.1 Å². The number of benzene rings is 1. The van der Waals surface area contributed by atoms with Crippen LogP contribution in [0, 0.1) is 0 Å². The number of aromatic nitrogens is 2. The maximum atomic E-state index is 4.24. The fraction of sp³-hybridized carbons (Fsp3) is 0.267. The summed E-state index contributed by atoms with van der Waals surface area (Å²) in [6.45, 7) is 0. The van der Waals surface area contributed by atoms with Gasteiger partial charge in [0.25, 0.3) is 0 Å². The molecule has 0 amide bonds. The van der Waals surface area contributed by atoms with Crippen molar-refractivity contribution >= 4 is 21.4 Å². The molecule has 1 N–H and O–H groups in total. The second kappa shape index (κ2) is 5.15. The molecule has 0 aliphatic rings. The predicted octanol–water partition coefficient (Wildman–Crippen LogP) is 3.14. The number of rotatable bonds is 4. The van der Waals surface area contributed by atoms with Gasteiger partial charge < -0.3 is 5.32 Å². The van der Waals surface area contributed by atoms with Crippen molar-refractivity contribution in [1.82, 2.24) is 15.1 Å². The van der Waals surface area contributed by atoms with E-state index in [0.717, 1.165) is 6.42 Å². The van der Waals surface area contributed by atoms with E-state index < -0.39 is 0 Å². The van der Waals surface area contributed by atoms with Gasteiger partial charge in [0.1, 0.15) is 0 Å². The molecule has 4 heteroatoms. The van der Waals surface area contributed by atoms with Crippen molar-refractivity contribution in [1.29, 1.82) is 0 Å². The van der Waals surface area contributed by atoms with Crippen LogP contribution in [-0.2, 0) is 13.5 Å². The first-order valence-electron chi connectivity index (χ1n) is 6.39. The molecule has 2 aromatic heterocycles. The topological polar surface area (TPSA) is 29.9 Å². The van der Waals surface area contributed by atoms with Crippen molar-refractivity contribution in [3.05, 3.63) is 53.2 Å². The number of nitrogens with zero attached hydrogens (tertiary/aromatic N) is 2. The van der Waals surface area contributed by atoms with Gasteiger partial charge in [-0.3, -0.25) is 4.68 Å². The van der Waals surface area contributed by atoms with Crippen LogP contribution in [-0.4, -0.2) is 16.8 Å². The molecule has 2 heterocycles. The van der Waals surface area contributed by atoms with Crippen LogP contribution < -0.4 is 5.32 Å². The van der Waals surface area contributed by atoms with Crippen molar-refractivity contribution in [2.24, 2.45) is 7.05 Å². The SMILES string of the molecule is CNC(Cc1cnn(C)c1)c1csc2ccccc12. The Morgan fingerprint density at radius 2 is 2.21 bits per heavy atom. The van der Waals surface area contributed by atoms with E-state index >= 15 is 0 Å². The fourth-order valence-corrected chi connectivity index (χ4v) is 3.46. The first kappa shape index (κ1) is 12.4. The molecule has 3 rings (SSSR count). The minimum atomic E-state index is 0.334. The lowest BCUT2D eigenvalue weighted by atomic mass is 10.0. The van der Waals surface area contributed by atoms with Crippen LogP contribution in [0.1, 0.15) is 17.2 Å². The van der Waals surface area contributed by atoms with E-state index in [2.05, 4.69) is 46.3 Å². The van der Waals surface area contributed by atoms with Gasteiger partial charge in [0, 0.05) is 24.0 Å². The number of aryl methyl sites for hydroxylation is 1. The molecule has 0 aliphatic heterocycles. The summed E-state index contributed by atoms with van der Waals surface area (Å²) in [5.74, 6) is 0. The van der Waals surface area contributed by atoms with E-state index in [1.807, 2.05) is 36.3 Å². The summed E-state index contributed by atoms with van der Waals surface area (Å²) >= 11 is 1.81. The molecule has 0 bridgehead atoms. The largest absolute Gasteiger partial charge is 0.313 e. The highest BCUT2D eigenvalue weighted by atomic mass is 32.1. The molecule has 1 atom stereocenters. The molecule has 0 spiro atoms. The van der Waals surface area contributed by atoms with Crippen LogP contribution in [0.4, 0.5) is 0 Å². The zero-order valence-corrected chi connectivity index (χ0v) is 11.9. The fourth-order valence-electron chi connectivity index (χ4n) is 2.45. The molecule has 3 aromatic rings. The van der Waals surface area contributed by atoms with E-state index in [9.17, 15) is 0 Å². The molecular weight excluding hydrogens is 254 g/mol. The highest BCUT2D eigenvalue weighted by Gasteiger charge is 2.15. The molecule has 1 aromatic carbocycles. The van der Waals surface area contributed by atoms with Crippen LogP contribution in [0.3, 0.4) is 0 Å². The molecule has 0 aliphatic carbocycles. The Labute approximate surface area is 116 Å². The van der Waals surface area contributed by atoms with Crippen LogP contribution in [0.2, 0.25) is 0 Å². The summed E-state index contributed by atoms with van der Waals surface area (Å²) in [5.41, 5.74) is 2.64. The van der Waals surface area contributed by atoms with E-state index in [-0.39, 0.29) is 0 Å². The Balaban J connectivity index is 1.93. The third-order valence-corrected chi connectivity index (χ3v) is 4.41. The molecule has 19 heavy (non-hydrogen) atoms. The van der Waals surface area contributed by atoms with Crippen molar-refractivity contribution in [3.63, 3.8) is 0 Å². The van der Waals surface area contributed by atoms with Gasteiger partial charge in [-0.2, -0.15) is 5.10 Å². The number of likely N-dealkylation sites (N-methyl/N-ethyl adjacent to an activating group) is 1. The maximum absolute atomic E-state index is 4.24. The first-order chi connectivity index (χ1) is 9.28. The molecule has 0 radical (unpaired) electrons. The second-order valence-corrected chi connectivity index (χ2v) is 5.67. The smallest absolute Gasteiger partial charge is 0.0522 e. The zero-order valence-electron chi connectivity index (χ0n) is 11.1. The van der Waals surface area contributed by atoms with Crippen LogP contribution in [0.15, 0.2) is 42.0 Å². The number of fused-ring (bicyclic) bond motifs is 1. The lowest BCUT2D eigenvalue weighted by molar-refractivity contribution is 0.597. The highest BCUT2D eigenvalue weighted by molar-refractivity contribution is 7.17. The van der Waals surface area contributed by atoms with E-state index in [1.165, 1.54) is 21.2 Å². The summed E-state index contributed by atoms with van der Waals surface area (Å²) in [4.78, 5) is 0. The monoisotopic (exact) mass is 271 g/mol. The van der Waals surface area contributed by atoms with E-state index in [0.29, 0.717) is 6.04 Å². The number of hydrogen-bond donors (Lipinski definition) is 1. The van der Waals surface area contributed by atoms with Gasteiger partial charge in [-0.25, -0.2) is 0 Å². The standard InChI is InChI=1S/C15H17N3S/c1-16-14(7-11-8-17-18(2)9-11)13-10-19-15-6-4-3-5-12(13)15/h3-6,8-10,14,16H,7H2,1-2H3. The Morgan fingerprint density at radius 1 is 1.37 bits per heavy atom. The average Bonchev–Trinajstić information content (AvgIpc) is 3.02. The maximum Gasteiger partial charge on any atom is 0.0522 e. The van der Waals surface area contributed by atoms with Crippen molar-refractivity contribution in [2.75, 3.05) is 7.05 Å². The Kier molecular flexibility index (Phi) is 3.36. The minimum Gasteiger partial charge on any atom is -0.313 e. The molecule has 1 unspecified atom stereocenters. The molecule has 0 fully saturated rings. The van der Waals surface area contributed by atoms with E-state index in [1.54, 1.807) is 0 Å². The molecule has 0 saturated carbocycles. The number of thiophene rings is 1. The Morgan fingerprint density at radius 3 is 2.95 bits per heavy atom. The summed E-state index contributed by atoms with van der Waals surface area (Å²) in [6, 6.07) is 8.92. The molecule has 98 valence electrons. The van der Waals surface area contributed by atoms with Gasteiger partial charge in [-0.15, -0.1) is 11.3 Å². The normalized spacial score (nSPS) is 12.9. The lowest BCUT2D eigenvalue weighted by Crippen LogP contribution is -2.18. The Hall–Kier alpha value is -1.65. The number of nitrogens with one attached hydrogen (secondary N) is 1. The van der Waals surface area contributed by atoms with Gasteiger partial charge in [-0.1, -0.05) is 18.2 Å². The summed E-state index contributed by atoms with van der Waals surface area (Å²) in [7, 11) is 3.98. The third kappa shape index (κ3) is 2.41. The first-order valence-corrected chi connectivity index (χ1v) is 7.27. The van der Waals surface area contributed by atoms with E-state index in [4.69, 9.17) is 0 Å². The lowest BCUT2D eigenvalue weighted by Gasteiger charge is -2.14. The van der Waals surface area contributed by atoms with Gasteiger partial charge in [0.2, 0.25) is 0 Å². The second-order valence-electron chi connectivity index (χ2n) is 4.75. The van der Waals surface area contributed by atoms with Gasteiger partial charge >= 0.3 is 0 Å². The van der Waals surface area contributed by atoms with Crippen LogP contribution >= 0.6 is 11.3 Å². The molecule has 3 nitrogen and oxygen atoms in total. The predicted molar refractivity (Wildman–Crippen MR) is 80.5 cm³/mol. The molecule has 0 saturated heterocycles. The summed E-state index contributed by atoms with van der Waals surface area (Å²) in [6.07, 6.45) is 4.99. The van der Waals surface area contributed by atoms with Crippen molar-refractivity contribution in [3.8, 4) is 0 Å². The van der Waals surface area contributed by atoms with Crippen molar-refractivity contribution < 1.29 is 0 Å². The number of hydrogen-bond acceptors (Lipinski definition) is 3. The van der Waals surface area contributed by atoms with Crippen LogP contribution in [0.5, 0.6) is 0 Å². The summed E-state index contributed by atoms with van der Waals surface area (Å²) < 4.78 is 3.21. The average molecular weight is 271 g/mol. The van der Waals surface area contributed by atoms with Gasteiger partial charge in [0.05, 0.1) is 6.20 Å². The zero-order chi connectivity index (χ0) is 13.2. The van der Waals surface area contributed by atoms with Gasteiger partial charge in [-0.05, 0) is 41.4 Å². The quantitative estimate of drug-likeness (QED) is 0.790. The van der Waals surface area contributed by atoms with Gasteiger partial charge in [0.15, 0.2) is 0 Å². The highest BCUT2D eigenvalue weighted by Crippen LogP contribution is 2.31.